The Bertz CT molecular complexity index is 455. The molecule has 0 aliphatic rings. The van der Waals surface area contributed by atoms with Crippen molar-refractivity contribution >= 4 is 0 Å². The van der Waals surface area contributed by atoms with Crippen molar-refractivity contribution in [1.82, 2.24) is 14.9 Å². The van der Waals surface area contributed by atoms with Crippen LogP contribution in [0.2, 0.25) is 0 Å². The SMILES string of the molecule is CCNC(CO)(Cn1ccnc1)c1ccccc1. The van der Waals surface area contributed by atoms with Crippen molar-refractivity contribution in [1.29, 1.82) is 0 Å². The van der Waals surface area contributed by atoms with E-state index in [0.717, 1.165) is 12.1 Å². The lowest BCUT2D eigenvalue weighted by atomic mass is 9.90. The minimum absolute atomic E-state index is 0.0447. The summed E-state index contributed by atoms with van der Waals surface area (Å²) >= 11 is 0. The van der Waals surface area contributed by atoms with E-state index in [1.807, 2.05) is 48.0 Å². The largest absolute Gasteiger partial charge is 0.394 e. The minimum atomic E-state index is -0.462. The molecular formula is C14H19N3O. The van der Waals surface area contributed by atoms with Gasteiger partial charge in [-0.2, -0.15) is 0 Å². The second-order valence-corrected chi connectivity index (χ2v) is 4.37. The Kier molecular flexibility index (Phi) is 4.12. The molecule has 0 saturated heterocycles. The van der Waals surface area contributed by atoms with Crippen LogP contribution in [0.15, 0.2) is 49.1 Å². The molecule has 2 N–H and O–H groups in total. The number of likely N-dealkylation sites (N-methyl/N-ethyl adjacent to an activating group) is 1. The van der Waals surface area contributed by atoms with E-state index >= 15 is 0 Å². The summed E-state index contributed by atoms with van der Waals surface area (Å²) in [6.45, 7) is 3.54. The van der Waals surface area contributed by atoms with Gasteiger partial charge in [0.05, 0.1) is 18.5 Å². The summed E-state index contributed by atoms with van der Waals surface area (Å²) in [5.41, 5.74) is 0.625. The number of hydrogen-bond donors (Lipinski definition) is 2. The van der Waals surface area contributed by atoms with Crippen LogP contribution in [0, 0.1) is 0 Å². The van der Waals surface area contributed by atoms with E-state index in [2.05, 4.69) is 10.3 Å². The van der Waals surface area contributed by atoms with Crippen LogP contribution in [-0.4, -0.2) is 27.8 Å². The first-order valence-electron chi connectivity index (χ1n) is 6.18. The zero-order valence-corrected chi connectivity index (χ0v) is 10.6. The summed E-state index contributed by atoms with van der Waals surface area (Å²) in [4.78, 5) is 4.05. The van der Waals surface area contributed by atoms with Gasteiger partial charge < -0.3 is 15.0 Å². The highest BCUT2D eigenvalue weighted by Gasteiger charge is 2.30. The number of nitrogens with one attached hydrogen (secondary N) is 1. The maximum absolute atomic E-state index is 9.86. The molecule has 1 aromatic carbocycles. The number of hydrogen-bond acceptors (Lipinski definition) is 3. The molecule has 1 atom stereocenters. The lowest BCUT2D eigenvalue weighted by Crippen LogP contribution is -2.48. The third-order valence-electron chi connectivity index (χ3n) is 3.12. The molecular weight excluding hydrogens is 226 g/mol. The first kappa shape index (κ1) is 12.8. The van der Waals surface area contributed by atoms with Crippen molar-refractivity contribution in [2.45, 2.75) is 19.0 Å². The third kappa shape index (κ3) is 2.60. The summed E-state index contributed by atoms with van der Waals surface area (Å²) in [7, 11) is 0. The van der Waals surface area contributed by atoms with Gasteiger partial charge in [0.2, 0.25) is 0 Å². The fourth-order valence-corrected chi connectivity index (χ4v) is 2.23. The first-order chi connectivity index (χ1) is 8.80. The van der Waals surface area contributed by atoms with Crippen molar-refractivity contribution in [2.24, 2.45) is 0 Å². The smallest absolute Gasteiger partial charge is 0.0946 e. The summed E-state index contributed by atoms with van der Waals surface area (Å²) in [6, 6.07) is 10.0. The van der Waals surface area contributed by atoms with E-state index < -0.39 is 5.54 Å². The van der Waals surface area contributed by atoms with Crippen molar-refractivity contribution in [3.05, 3.63) is 54.6 Å². The van der Waals surface area contributed by atoms with Crippen LogP contribution in [0.1, 0.15) is 12.5 Å². The number of rotatable bonds is 6. The Morgan fingerprint density at radius 1 is 1.33 bits per heavy atom. The van der Waals surface area contributed by atoms with E-state index in [1.54, 1.807) is 12.5 Å². The molecule has 4 heteroatoms. The average Bonchev–Trinajstić information content (AvgIpc) is 2.92. The second-order valence-electron chi connectivity index (χ2n) is 4.37. The zero-order chi connectivity index (χ0) is 12.8. The van der Waals surface area contributed by atoms with Gasteiger partial charge >= 0.3 is 0 Å². The van der Waals surface area contributed by atoms with Gasteiger partial charge in [-0.1, -0.05) is 37.3 Å². The molecule has 0 aliphatic heterocycles. The molecule has 0 radical (unpaired) electrons. The second kappa shape index (κ2) is 5.80. The Hall–Kier alpha value is -1.65. The summed E-state index contributed by atoms with van der Waals surface area (Å²) in [5.74, 6) is 0. The quantitative estimate of drug-likeness (QED) is 0.808. The molecule has 0 saturated carbocycles. The topological polar surface area (TPSA) is 50.1 Å². The van der Waals surface area contributed by atoms with Gasteiger partial charge in [0.1, 0.15) is 0 Å². The molecule has 1 aromatic heterocycles. The van der Waals surface area contributed by atoms with Crippen LogP contribution in [0.5, 0.6) is 0 Å². The molecule has 4 nitrogen and oxygen atoms in total. The molecule has 18 heavy (non-hydrogen) atoms. The Morgan fingerprint density at radius 3 is 2.67 bits per heavy atom. The number of aromatic nitrogens is 2. The highest BCUT2D eigenvalue weighted by atomic mass is 16.3. The van der Waals surface area contributed by atoms with Crippen molar-refractivity contribution in [2.75, 3.05) is 13.2 Å². The van der Waals surface area contributed by atoms with Gasteiger partial charge in [0, 0.05) is 18.9 Å². The van der Waals surface area contributed by atoms with Gasteiger partial charge in [0.15, 0.2) is 0 Å². The first-order valence-corrected chi connectivity index (χ1v) is 6.18. The maximum atomic E-state index is 9.86. The van der Waals surface area contributed by atoms with Crippen molar-refractivity contribution in [3.8, 4) is 0 Å². The van der Waals surface area contributed by atoms with Gasteiger partial charge in [-0.05, 0) is 12.1 Å². The molecule has 1 unspecified atom stereocenters. The van der Waals surface area contributed by atoms with Crippen LogP contribution in [0.4, 0.5) is 0 Å². The Labute approximate surface area is 107 Å². The average molecular weight is 245 g/mol. The highest BCUT2D eigenvalue weighted by Crippen LogP contribution is 2.22. The number of benzene rings is 1. The van der Waals surface area contributed by atoms with E-state index in [0.29, 0.717) is 6.54 Å². The van der Waals surface area contributed by atoms with Crippen molar-refractivity contribution < 1.29 is 5.11 Å². The molecule has 2 rings (SSSR count). The van der Waals surface area contributed by atoms with Gasteiger partial charge in [-0.25, -0.2) is 4.98 Å². The van der Waals surface area contributed by atoms with Crippen LogP contribution in [0.3, 0.4) is 0 Å². The predicted molar refractivity (Wildman–Crippen MR) is 71.1 cm³/mol. The van der Waals surface area contributed by atoms with Gasteiger partial charge in [0.25, 0.3) is 0 Å². The normalized spacial score (nSPS) is 14.3. The van der Waals surface area contributed by atoms with Gasteiger partial charge in [-0.15, -0.1) is 0 Å². The van der Waals surface area contributed by atoms with Crippen molar-refractivity contribution in [3.63, 3.8) is 0 Å². The summed E-state index contributed by atoms with van der Waals surface area (Å²) in [5, 5.41) is 13.3. The maximum Gasteiger partial charge on any atom is 0.0946 e. The third-order valence-corrected chi connectivity index (χ3v) is 3.12. The standard InChI is InChI=1S/C14H19N3O/c1-2-16-14(11-18,10-17-9-8-15-12-17)13-6-4-3-5-7-13/h3-9,12,16,18H,2,10-11H2,1H3. The van der Waals surface area contributed by atoms with Crippen LogP contribution in [0.25, 0.3) is 0 Å². The lowest BCUT2D eigenvalue weighted by Gasteiger charge is -2.33. The van der Waals surface area contributed by atoms with Crippen LogP contribution >= 0.6 is 0 Å². The predicted octanol–water partition coefficient (Wildman–Crippen LogP) is 1.38. The minimum Gasteiger partial charge on any atom is -0.394 e. The van der Waals surface area contributed by atoms with E-state index in [9.17, 15) is 5.11 Å². The molecule has 0 bridgehead atoms. The van der Waals surface area contributed by atoms with Crippen LogP contribution < -0.4 is 5.32 Å². The van der Waals surface area contributed by atoms with E-state index in [4.69, 9.17) is 0 Å². The zero-order valence-electron chi connectivity index (χ0n) is 10.6. The highest BCUT2D eigenvalue weighted by molar-refractivity contribution is 5.24. The van der Waals surface area contributed by atoms with Crippen LogP contribution in [-0.2, 0) is 12.1 Å². The fraction of sp³-hybridized carbons (Fsp3) is 0.357. The fourth-order valence-electron chi connectivity index (χ4n) is 2.23. The Balaban J connectivity index is 2.33. The van der Waals surface area contributed by atoms with Gasteiger partial charge in [-0.3, -0.25) is 0 Å². The molecule has 0 spiro atoms. The molecule has 96 valence electrons. The Morgan fingerprint density at radius 2 is 2.11 bits per heavy atom. The lowest BCUT2D eigenvalue weighted by molar-refractivity contribution is 0.144. The molecule has 1 heterocycles. The molecule has 0 amide bonds. The molecule has 0 fully saturated rings. The monoisotopic (exact) mass is 245 g/mol. The van der Waals surface area contributed by atoms with E-state index in [1.165, 1.54) is 0 Å². The summed E-state index contributed by atoms with van der Waals surface area (Å²) < 4.78 is 1.98. The number of aliphatic hydroxyl groups is 1. The molecule has 0 aliphatic carbocycles. The van der Waals surface area contributed by atoms with E-state index in [-0.39, 0.29) is 6.61 Å². The number of aliphatic hydroxyl groups excluding tert-OH is 1. The molecule has 2 aromatic rings. The number of imidazole rings is 1. The number of nitrogens with zero attached hydrogens (tertiary/aromatic N) is 2. The summed E-state index contributed by atoms with van der Waals surface area (Å²) in [6.07, 6.45) is 5.43.